The molecule has 2 aliphatic rings. The minimum absolute atomic E-state index is 0.157. The Morgan fingerprint density at radius 2 is 1.93 bits per heavy atom. The molecule has 29 heavy (non-hydrogen) atoms. The molecule has 5 nitrogen and oxygen atoms in total. The number of nitrogens with zero attached hydrogens (tertiary/aromatic N) is 4. The largest absolute Gasteiger partial charge is 0.343 e. The molecule has 1 unspecified atom stereocenters. The van der Waals surface area contributed by atoms with Crippen LogP contribution in [0.4, 0.5) is 4.39 Å². The number of fused-ring (bicyclic) bond motifs is 1. The number of likely N-dealkylation sites (tertiary alicyclic amines) is 1. The second-order valence-electron chi connectivity index (χ2n) is 8.38. The number of aromatic nitrogens is 2. The molecule has 1 aromatic carbocycles. The van der Waals surface area contributed by atoms with Gasteiger partial charge in [0.15, 0.2) is 0 Å². The molecule has 1 fully saturated rings. The minimum atomic E-state index is -0.187. The van der Waals surface area contributed by atoms with Crippen molar-refractivity contribution in [1.29, 1.82) is 0 Å². The second-order valence-corrected chi connectivity index (χ2v) is 8.38. The molecule has 0 radical (unpaired) electrons. The summed E-state index contributed by atoms with van der Waals surface area (Å²) in [6, 6.07) is 7.19. The Bertz CT molecular complexity index is 862. The standard InChI is InChI=1S/C23H29FN4O/c1-16(13-18-3-5-21(24)6-4-18)28-12-9-22-20(15-28)14-25-23(26-22)19-7-10-27(11-8-19)17(2)29/h3-6,14,16,19H,7-13,15H2,1-2H3. The number of piperidine rings is 1. The molecule has 2 aliphatic heterocycles. The minimum Gasteiger partial charge on any atom is -0.343 e. The van der Waals surface area contributed by atoms with Crippen molar-refractivity contribution in [2.24, 2.45) is 0 Å². The van der Waals surface area contributed by atoms with Gasteiger partial charge in [0.05, 0.1) is 0 Å². The van der Waals surface area contributed by atoms with Crippen molar-refractivity contribution in [3.8, 4) is 0 Å². The van der Waals surface area contributed by atoms with Crippen molar-refractivity contribution in [2.45, 2.75) is 58.0 Å². The van der Waals surface area contributed by atoms with Gasteiger partial charge in [0.1, 0.15) is 11.6 Å². The van der Waals surface area contributed by atoms with E-state index in [0.29, 0.717) is 12.0 Å². The van der Waals surface area contributed by atoms with E-state index in [0.717, 1.165) is 63.3 Å². The van der Waals surface area contributed by atoms with Gasteiger partial charge in [-0.25, -0.2) is 14.4 Å². The Morgan fingerprint density at radius 3 is 2.62 bits per heavy atom. The Balaban J connectivity index is 1.38. The van der Waals surface area contributed by atoms with Gasteiger partial charge in [-0.05, 0) is 43.9 Å². The second kappa shape index (κ2) is 8.57. The van der Waals surface area contributed by atoms with Crippen LogP contribution < -0.4 is 0 Å². The molecule has 0 spiro atoms. The zero-order valence-corrected chi connectivity index (χ0v) is 17.3. The quantitative estimate of drug-likeness (QED) is 0.795. The van der Waals surface area contributed by atoms with Gasteiger partial charge < -0.3 is 4.90 Å². The third-order valence-corrected chi connectivity index (χ3v) is 6.36. The summed E-state index contributed by atoms with van der Waals surface area (Å²) in [5.41, 5.74) is 3.55. The maximum Gasteiger partial charge on any atom is 0.219 e. The van der Waals surface area contributed by atoms with Crippen molar-refractivity contribution in [1.82, 2.24) is 19.8 Å². The first-order chi connectivity index (χ1) is 14.0. The van der Waals surface area contributed by atoms with Gasteiger partial charge in [0.25, 0.3) is 0 Å². The van der Waals surface area contributed by atoms with Crippen molar-refractivity contribution < 1.29 is 9.18 Å². The van der Waals surface area contributed by atoms with Crippen LogP contribution in [0.2, 0.25) is 0 Å². The fraction of sp³-hybridized carbons (Fsp3) is 0.522. The van der Waals surface area contributed by atoms with E-state index in [1.807, 2.05) is 23.2 Å². The molecule has 3 heterocycles. The van der Waals surface area contributed by atoms with Gasteiger partial charge in [0, 0.05) is 68.9 Å². The average Bonchev–Trinajstić information content (AvgIpc) is 2.74. The molecule has 2 aromatic rings. The number of carbonyl (C=O) groups is 1. The molecule has 1 saturated heterocycles. The maximum absolute atomic E-state index is 13.1. The Kier molecular flexibility index (Phi) is 5.90. The van der Waals surface area contributed by atoms with Crippen molar-refractivity contribution >= 4 is 5.91 Å². The number of rotatable bonds is 4. The summed E-state index contributed by atoms with van der Waals surface area (Å²) in [6.45, 7) is 7.31. The fourth-order valence-electron chi connectivity index (χ4n) is 4.47. The van der Waals surface area contributed by atoms with E-state index in [9.17, 15) is 9.18 Å². The molecule has 1 atom stereocenters. The summed E-state index contributed by atoms with van der Waals surface area (Å²) in [4.78, 5) is 25.5. The molecule has 0 aliphatic carbocycles. The van der Waals surface area contributed by atoms with E-state index in [-0.39, 0.29) is 11.7 Å². The zero-order chi connectivity index (χ0) is 20.4. The molecular weight excluding hydrogens is 367 g/mol. The molecule has 6 heteroatoms. The predicted octanol–water partition coefficient (Wildman–Crippen LogP) is 3.33. The van der Waals surface area contributed by atoms with Crippen LogP contribution in [0, 0.1) is 5.82 Å². The summed E-state index contributed by atoms with van der Waals surface area (Å²) in [7, 11) is 0. The Hall–Kier alpha value is -2.34. The molecule has 4 rings (SSSR count). The van der Waals surface area contributed by atoms with Crippen LogP contribution in [0.3, 0.4) is 0 Å². The van der Waals surface area contributed by atoms with Gasteiger partial charge in [-0.15, -0.1) is 0 Å². The van der Waals surface area contributed by atoms with Gasteiger partial charge in [-0.1, -0.05) is 12.1 Å². The molecular formula is C23H29FN4O. The van der Waals surface area contributed by atoms with Crippen LogP contribution in [-0.2, 0) is 24.2 Å². The van der Waals surface area contributed by atoms with Gasteiger partial charge >= 0.3 is 0 Å². The third kappa shape index (κ3) is 4.64. The summed E-state index contributed by atoms with van der Waals surface area (Å²) < 4.78 is 13.1. The maximum atomic E-state index is 13.1. The number of hydrogen-bond acceptors (Lipinski definition) is 4. The Labute approximate surface area is 172 Å². The number of hydrogen-bond donors (Lipinski definition) is 0. The predicted molar refractivity (Wildman–Crippen MR) is 110 cm³/mol. The zero-order valence-electron chi connectivity index (χ0n) is 17.3. The van der Waals surface area contributed by atoms with Crippen LogP contribution in [0.15, 0.2) is 30.5 Å². The third-order valence-electron chi connectivity index (χ3n) is 6.36. The first-order valence-corrected chi connectivity index (χ1v) is 10.6. The monoisotopic (exact) mass is 396 g/mol. The number of halogens is 1. The first-order valence-electron chi connectivity index (χ1n) is 10.6. The summed E-state index contributed by atoms with van der Waals surface area (Å²) in [5.74, 6) is 1.27. The molecule has 0 bridgehead atoms. The number of carbonyl (C=O) groups excluding carboxylic acids is 1. The highest BCUT2D eigenvalue weighted by atomic mass is 19.1. The van der Waals surface area contributed by atoms with Crippen LogP contribution in [0.5, 0.6) is 0 Å². The lowest BCUT2D eigenvalue weighted by Gasteiger charge is -2.34. The summed E-state index contributed by atoms with van der Waals surface area (Å²) in [5, 5.41) is 0. The van der Waals surface area contributed by atoms with Crippen molar-refractivity contribution in [3.05, 3.63) is 58.9 Å². The topological polar surface area (TPSA) is 49.3 Å². The van der Waals surface area contributed by atoms with Crippen LogP contribution in [0.1, 0.15) is 55.3 Å². The molecule has 1 aromatic heterocycles. The van der Waals surface area contributed by atoms with E-state index in [2.05, 4.69) is 11.8 Å². The normalized spacial score (nSPS) is 19.1. The summed E-state index contributed by atoms with van der Waals surface area (Å²) >= 11 is 0. The van der Waals surface area contributed by atoms with Crippen molar-refractivity contribution in [2.75, 3.05) is 19.6 Å². The lowest BCUT2D eigenvalue weighted by atomic mass is 9.95. The molecule has 0 saturated carbocycles. The average molecular weight is 397 g/mol. The van der Waals surface area contributed by atoms with Crippen LogP contribution in [-0.4, -0.2) is 51.4 Å². The highest BCUT2D eigenvalue weighted by Gasteiger charge is 2.27. The van der Waals surface area contributed by atoms with Gasteiger partial charge in [-0.2, -0.15) is 0 Å². The van der Waals surface area contributed by atoms with Gasteiger partial charge in [0.2, 0.25) is 5.91 Å². The number of amides is 1. The van der Waals surface area contributed by atoms with Crippen LogP contribution >= 0.6 is 0 Å². The summed E-state index contributed by atoms with van der Waals surface area (Å²) in [6.07, 6.45) is 5.73. The van der Waals surface area contributed by atoms with E-state index < -0.39 is 0 Å². The van der Waals surface area contributed by atoms with E-state index in [1.165, 1.54) is 23.4 Å². The molecule has 154 valence electrons. The highest BCUT2D eigenvalue weighted by molar-refractivity contribution is 5.73. The van der Waals surface area contributed by atoms with Crippen molar-refractivity contribution in [3.63, 3.8) is 0 Å². The van der Waals surface area contributed by atoms with E-state index >= 15 is 0 Å². The smallest absolute Gasteiger partial charge is 0.219 e. The SMILES string of the molecule is CC(=O)N1CCC(c2ncc3c(n2)CCN(C(C)Cc2ccc(F)cc2)C3)CC1. The van der Waals surface area contributed by atoms with E-state index in [1.54, 1.807) is 6.92 Å². The van der Waals surface area contributed by atoms with Gasteiger partial charge in [-0.3, -0.25) is 9.69 Å². The molecule has 0 N–H and O–H groups in total. The van der Waals surface area contributed by atoms with E-state index in [4.69, 9.17) is 9.97 Å². The lowest BCUT2D eigenvalue weighted by Crippen LogP contribution is -2.39. The fourth-order valence-corrected chi connectivity index (χ4v) is 4.47. The molecule has 1 amide bonds. The highest BCUT2D eigenvalue weighted by Crippen LogP contribution is 2.28. The first kappa shape index (κ1) is 20.0. The Morgan fingerprint density at radius 1 is 1.21 bits per heavy atom. The lowest BCUT2D eigenvalue weighted by molar-refractivity contribution is -0.129. The number of benzene rings is 1. The van der Waals surface area contributed by atoms with Crippen LogP contribution in [0.25, 0.3) is 0 Å².